The fourth-order valence-electron chi connectivity index (χ4n) is 3.42. The van der Waals surface area contributed by atoms with Crippen LogP contribution >= 0.6 is 11.3 Å². The Morgan fingerprint density at radius 3 is 2.65 bits per heavy atom. The van der Waals surface area contributed by atoms with Gasteiger partial charge < -0.3 is 10.2 Å². The molecule has 26 heavy (non-hydrogen) atoms. The molecule has 0 aromatic carbocycles. The van der Waals surface area contributed by atoms with Gasteiger partial charge in [0.25, 0.3) is 0 Å². The van der Waals surface area contributed by atoms with Gasteiger partial charge in [-0.3, -0.25) is 10.7 Å². The van der Waals surface area contributed by atoms with Crippen molar-refractivity contribution in [2.75, 3.05) is 44.6 Å². The highest BCUT2D eigenvalue weighted by Gasteiger charge is 2.22. The summed E-state index contributed by atoms with van der Waals surface area (Å²) in [7, 11) is 0. The second kappa shape index (κ2) is 10.9. The average Bonchev–Trinajstić information content (AvgIpc) is 3.30. The Morgan fingerprint density at radius 2 is 2.04 bits per heavy atom. The summed E-state index contributed by atoms with van der Waals surface area (Å²) in [5.41, 5.74) is 2.43. The topological polar surface area (TPSA) is 60.7 Å². The molecule has 3 heterocycles. The van der Waals surface area contributed by atoms with E-state index in [9.17, 15) is 0 Å². The number of rotatable bonds is 7. The molecule has 0 bridgehead atoms. The number of allylic oxidation sites excluding steroid dienone is 1. The van der Waals surface area contributed by atoms with Crippen molar-refractivity contribution in [3.8, 4) is 0 Å². The maximum atomic E-state index is 5.97. The van der Waals surface area contributed by atoms with Gasteiger partial charge in [0.15, 0.2) is 5.13 Å². The third kappa shape index (κ3) is 5.94. The molecule has 1 atom stereocenters. The van der Waals surface area contributed by atoms with Crippen molar-refractivity contribution in [2.24, 2.45) is 5.84 Å². The van der Waals surface area contributed by atoms with E-state index in [4.69, 9.17) is 10.8 Å². The summed E-state index contributed by atoms with van der Waals surface area (Å²) in [6, 6.07) is 0.442. The zero-order chi connectivity index (χ0) is 18.9. The Labute approximate surface area is 163 Å². The summed E-state index contributed by atoms with van der Waals surface area (Å²) in [6.45, 7) is 17.5. The quantitative estimate of drug-likeness (QED) is 0.709. The van der Waals surface area contributed by atoms with E-state index in [1.807, 2.05) is 18.9 Å². The minimum absolute atomic E-state index is 0.442. The van der Waals surface area contributed by atoms with Crippen LogP contribution in [-0.4, -0.2) is 65.1 Å². The first kappa shape index (κ1) is 21.2. The highest BCUT2D eigenvalue weighted by molar-refractivity contribution is 7.13. The molecule has 1 unspecified atom stereocenters. The number of hydrazine groups is 1. The van der Waals surface area contributed by atoms with Crippen LogP contribution < -0.4 is 11.2 Å². The second-order valence-electron chi connectivity index (χ2n) is 6.74. The molecule has 7 heteroatoms. The Balaban J connectivity index is 0.00000117. The number of nitrogens with zero attached hydrogens (tertiary/aromatic N) is 4. The van der Waals surface area contributed by atoms with Crippen molar-refractivity contribution in [1.82, 2.24) is 19.8 Å². The molecule has 0 saturated carbocycles. The molecule has 2 aliphatic heterocycles. The Bertz CT molecular complexity index is 538. The van der Waals surface area contributed by atoms with Crippen LogP contribution in [0.5, 0.6) is 0 Å². The van der Waals surface area contributed by atoms with Gasteiger partial charge in [-0.25, -0.2) is 9.99 Å². The number of piperazine rings is 1. The Morgan fingerprint density at radius 1 is 1.31 bits per heavy atom. The van der Waals surface area contributed by atoms with Gasteiger partial charge >= 0.3 is 0 Å². The van der Waals surface area contributed by atoms with Crippen molar-refractivity contribution in [3.05, 3.63) is 23.3 Å². The Kier molecular flexibility index (Phi) is 8.84. The monoisotopic (exact) mass is 380 g/mol. The lowest BCUT2D eigenvalue weighted by Gasteiger charge is -2.36. The predicted octanol–water partition coefficient (Wildman–Crippen LogP) is 2.96. The number of anilines is 1. The number of hydrogen-bond donors (Lipinski definition) is 2. The average molecular weight is 381 g/mol. The van der Waals surface area contributed by atoms with E-state index in [1.165, 1.54) is 24.2 Å². The lowest BCUT2D eigenvalue weighted by Crippen LogP contribution is -2.45. The summed E-state index contributed by atoms with van der Waals surface area (Å²) in [5.74, 6) is 5.97. The van der Waals surface area contributed by atoms with Crippen LogP contribution in [0.25, 0.3) is 0 Å². The minimum atomic E-state index is 0.442. The molecule has 0 amide bonds. The molecule has 3 N–H and O–H groups in total. The van der Waals surface area contributed by atoms with E-state index in [0.29, 0.717) is 6.04 Å². The fourth-order valence-corrected chi connectivity index (χ4v) is 4.13. The minimum Gasteiger partial charge on any atom is -0.373 e. The largest absolute Gasteiger partial charge is 0.373 e. The van der Waals surface area contributed by atoms with Gasteiger partial charge in [-0.2, -0.15) is 0 Å². The van der Waals surface area contributed by atoms with Gasteiger partial charge in [0.1, 0.15) is 0 Å². The third-order valence-corrected chi connectivity index (χ3v) is 5.93. The Hall–Kier alpha value is -1.15. The van der Waals surface area contributed by atoms with E-state index >= 15 is 0 Å². The van der Waals surface area contributed by atoms with Crippen LogP contribution in [0.3, 0.4) is 0 Å². The summed E-state index contributed by atoms with van der Waals surface area (Å²) >= 11 is 1.70. The molecule has 0 spiro atoms. The van der Waals surface area contributed by atoms with Crippen LogP contribution in [-0.2, 0) is 6.54 Å². The predicted molar refractivity (Wildman–Crippen MR) is 112 cm³/mol. The number of nitrogens with one attached hydrogen (secondary N) is 1. The van der Waals surface area contributed by atoms with E-state index in [1.54, 1.807) is 11.3 Å². The van der Waals surface area contributed by atoms with Crippen LogP contribution in [0, 0.1) is 0 Å². The summed E-state index contributed by atoms with van der Waals surface area (Å²) in [6.07, 6.45) is 3.42. The van der Waals surface area contributed by atoms with Gasteiger partial charge in [0.2, 0.25) is 0 Å². The fraction of sp³-hybridized carbons (Fsp3) is 0.737. The molecule has 3 rings (SSSR count). The lowest BCUT2D eigenvalue weighted by atomic mass is 10.2. The van der Waals surface area contributed by atoms with E-state index in [2.05, 4.69) is 34.0 Å². The zero-order valence-electron chi connectivity index (χ0n) is 16.7. The third-order valence-electron chi connectivity index (χ3n) is 5.08. The van der Waals surface area contributed by atoms with Crippen molar-refractivity contribution in [2.45, 2.75) is 52.6 Å². The molecule has 2 aliphatic rings. The standard InChI is InChI=1S/C17H30N6S.C2H6/c1-3-14(2)22-9-7-21(8-10-22)12-15-13-24-17(20-15)19-11-16-5-4-6-23(16)18;1-2/h13,16H,2-12,18H2,1H3,(H,19,20);1-2H3. The summed E-state index contributed by atoms with van der Waals surface area (Å²) in [4.78, 5) is 9.63. The van der Waals surface area contributed by atoms with Gasteiger partial charge in [-0.1, -0.05) is 27.4 Å². The second-order valence-corrected chi connectivity index (χ2v) is 7.60. The molecule has 2 saturated heterocycles. The van der Waals surface area contributed by atoms with Crippen LogP contribution in [0.15, 0.2) is 17.7 Å². The summed E-state index contributed by atoms with van der Waals surface area (Å²) in [5, 5.41) is 8.59. The van der Waals surface area contributed by atoms with Crippen molar-refractivity contribution >= 4 is 16.5 Å². The van der Waals surface area contributed by atoms with Crippen LogP contribution in [0.1, 0.15) is 45.7 Å². The first-order valence-electron chi connectivity index (χ1n) is 10.0. The molecule has 0 aliphatic carbocycles. The zero-order valence-corrected chi connectivity index (χ0v) is 17.5. The number of aromatic nitrogens is 1. The smallest absolute Gasteiger partial charge is 0.182 e. The molecule has 148 valence electrons. The first-order chi connectivity index (χ1) is 12.7. The van der Waals surface area contributed by atoms with Crippen molar-refractivity contribution in [3.63, 3.8) is 0 Å². The SMILES string of the molecule is C=C(CC)N1CCN(Cc2csc(NCC3CCCN3N)n2)CC1.CC. The highest BCUT2D eigenvalue weighted by atomic mass is 32.1. The summed E-state index contributed by atoms with van der Waals surface area (Å²) < 4.78 is 0. The van der Waals surface area contributed by atoms with Crippen LogP contribution in [0.2, 0.25) is 0 Å². The highest BCUT2D eigenvalue weighted by Crippen LogP contribution is 2.20. The maximum absolute atomic E-state index is 5.97. The van der Waals surface area contributed by atoms with Gasteiger partial charge in [0.05, 0.1) is 5.69 Å². The normalized spacial score (nSPS) is 21.4. The lowest BCUT2D eigenvalue weighted by molar-refractivity contribution is 0.150. The molecular weight excluding hydrogens is 344 g/mol. The van der Waals surface area contributed by atoms with Crippen molar-refractivity contribution in [1.29, 1.82) is 0 Å². The number of hydrogen-bond acceptors (Lipinski definition) is 7. The molecule has 1 aromatic heterocycles. The van der Waals surface area contributed by atoms with E-state index in [0.717, 1.165) is 57.4 Å². The van der Waals surface area contributed by atoms with Gasteiger partial charge in [-0.05, 0) is 19.3 Å². The number of thiazole rings is 1. The van der Waals surface area contributed by atoms with Gasteiger partial charge in [-0.15, -0.1) is 11.3 Å². The molecule has 0 radical (unpaired) electrons. The van der Waals surface area contributed by atoms with E-state index < -0.39 is 0 Å². The van der Waals surface area contributed by atoms with Crippen molar-refractivity contribution < 1.29 is 0 Å². The maximum Gasteiger partial charge on any atom is 0.182 e. The molecule has 2 fully saturated rings. The molecular formula is C19H36N6S. The first-order valence-corrected chi connectivity index (χ1v) is 10.9. The molecule has 6 nitrogen and oxygen atoms in total. The number of nitrogens with two attached hydrogens (primary N) is 1. The van der Waals surface area contributed by atoms with Gasteiger partial charge in [0, 0.05) is 62.9 Å². The van der Waals surface area contributed by atoms with Crippen LogP contribution in [0.4, 0.5) is 5.13 Å². The molecule has 1 aromatic rings. The van der Waals surface area contributed by atoms with E-state index in [-0.39, 0.29) is 0 Å².